The number of carbonyl (C=O) groups is 2. The number of rotatable bonds is 6. The van der Waals surface area contributed by atoms with Crippen LogP contribution in [0.25, 0.3) is 0 Å². The Labute approximate surface area is 165 Å². The predicted molar refractivity (Wildman–Crippen MR) is 101 cm³/mol. The topological polar surface area (TPSA) is 133 Å². The van der Waals surface area contributed by atoms with Crippen molar-refractivity contribution < 1.29 is 27.7 Å². The molecule has 0 aliphatic carbocycles. The fourth-order valence-electron chi connectivity index (χ4n) is 2.19. The second kappa shape index (κ2) is 8.36. The molecule has 0 aliphatic rings. The van der Waals surface area contributed by atoms with E-state index in [-0.39, 0.29) is 5.56 Å². The normalized spacial score (nSPS) is 12.1. The number of anilines is 1. The molecule has 0 saturated heterocycles. The van der Waals surface area contributed by atoms with E-state index < -0.39 is 43.3 Å². The molecule has 1 amide bonds. The van der Waals surface area contributed by atoms with Gasteiger partial charge in [0.05, 0.1) is 10.5 Å². The number of hydrogen-bond acceptors (Lipinski definition) is 7. The Morgan fingerprint density at radius 3 is 2.46 bits per heavy atom. The summed E-state index contributed by atoms with van der Waals surface area (Å²) in [5.74, 6) is -1.66. The van der Waals surface area contributed by atoms with Gasteiger partial charge in [-0.2, -0.15) is 0 Å². The Bertz CT molecular complexity index is 1050. The summed E-state index contributed by atoms with van der Waals surface area (Å²) in [7, 11) is -3.86. The maximum atomic E-state index is 12.2. The number of carbonyl (C=O) groups excluding carboxylic acids is 2. The molecule has 28 heavy (non-hydrogen) atoms. The fourth-order valence-corrected chi connectivity index (χ4v) is 3.21. The van der Waals surface area contributed by atoms with Gasteiger partial charge in [0, 0.05) is 23.0 Å². The maximum Gasteiger partial charge on any atom is 0.339 e. The van der Waals surface area contributed by atoms with Crippen molar-refractivity contribution in [3.8, 4) is 0 Å². The third-order valence-electron chi connectivity index (χ3n) is 3.54. The predicted octanol–water partition coefficient (Wildman–Crippen LogP) is 2.84. The Morgan fingerprint density at radius 2 is 1.89 bits per heavy atom. The highest BCUT2D eigenvalue weighted by atomic mass is 35.5. The lowest BCUT2D eigenvalue weighted by molar-refractivity contribution is -0.387. The second-order valence-electron chi connectivity index (χ2n) is 5.76. The van der Waals surface area contributed by atoms with Gasteiger partial charge in [0.15, 0.2) is 15.9 Å². The van der Waals surface area contributed by atoms with Crippen LogP contribution in [0.4, 0.5) is 11.4 Å². The quantitative estimate of drug-likeness (QED) is 0.426. The summed E-state index contributed by atoms with van der Waals surface area (Å²) in [6.45, 7) is 1.32. The van der Waals surface area contributed by atoms with E-state index in [9.17, 15) is 28.1 Å². The van der Waals surface area contributed by atoms with Crippen LogP contribution in [0, 0.1) is 10.1 Å². The number of nitrogens with one attached hydrogen (secondary N) is 1. The monoisotopic (exact) mass is 426 g/mol. The Hall–Kier alpha value is -2.98. The van der Waals surface area contributed by atoms with Gasteiger partial charge < -0.3 is 10.1 Å². The number of sulfone groups is 1. The first-order chi connectivity index (χ1) is 13.0. The molecule has 148 valence electrons. The molecule has 2 rings (SSSR count). The van der Waals surface area contributed by atoms with Gasteiger partial charge in [0.25, 0.3) is 11.6 Å². The van der Waals surface area contributed by atoms with E-state index in [0.29, 0.717) is 10.7 Å². The van der Waals surface area contributed by atoms with E-state index in [1.165, 1.54) is 13.0 Å². The summed E-state index contributed by atoms with van der Waals surface area (Å²) in [4.78, 5) is 34.0. The Morgan fingerprint density at radius 1 is 1.21 bits per heavy atom. The van der Waals surface area contributed by atoms with Crippen molar-refractivity contribution in [1.82, 2.24) is 0 Å². The summed E-state index contributed by atoms with van der Waals surface area (Å²) in [5.41, 5.74) is -0.622. The number of nitro benzene ring substituents is 1. The van der Waals surface area contributed by atoms with Gasteiger partial charge in [-0.05, 0) is 37.3 Å². The molecule has 11 heteroatoms. The summed E-state index contributed by atoms with van der Waals surface area (Å²) in [5, 5.41) is 14.0. The third-order valence-corrected chi connectivity index (χ3v) is 4.92. The minimum Gasteiger partial charge on any atom is -0.449 e. The number of ether oxygens (including phenoxy) is 1. The number of amides is 1. The molecule has 0 aromatic heterocycles. The second-order valence-corrected chi connectivity index (χ2v) is 8.18. The van der Waals surface area contributed by atoms with Crippen molar-refractivity contribution in [2.24, 2.45) is 0 Å². The average molecular weight is 427 g/mol. The molecule has 0 fully saturated rings. The van der Waals surface area contributed by atoms with Crippen molar-refractivity contribution in [3.05, 3.63) is 63.2 Å². The number of benzene rings is 2. The number of halogens is 1. The first-order valence-corrected chi connectivity index (χ1v) is 10.0. The van der Waals surface area contributed by atoms with Crippen molar-refractivity contribution in [3.63, 3.8) is 0 Å². The molecular weight excluding hydrogens is 412 g/mol. The van der Waals surface area contributed by atoms with Crippen LogP contribution in [-0.2, 0) is 19.4 Å². The largest absolute Gasteiger partial charge is 0.449 e. The van der Waals surface area contributed by atoms with Crippen molar-refractivity contribution in [2.75, 3.05) is 11.6 Å². The molecular formula is C17H15ClN2O7S. The minimum atomic E-state index is -3.86. The van der Waals surface area contributed by atoms with Crippen LogP contribution in [0.3, 0.4) is 0 Å². The zero-order valence-corrected chi connectivity index (χ0v) is 16.3. The highest BCUT2D eigenvalue weighted by Gasteiger charge is 2.26. The van der Waals surface area contributed by atoms with Crippen LogP contribution >= 0.6 is 11.6 Å². The van der Waals surface area contributed by atoms with E-state index >= 15 is 0 Å². The molecule has 0 bridgehead atoms. The van der Waals surface area contributed by atoms with Gasteiger partial charge in [-0.15, -0.1) is 0 Å². The third kappa shape index (κ3) is 5.27. The van der Waals surface area contributed by atoms with Crippen LogP contribution in [0.1, 0.15) is 17.3 Å². The van der Waals surface area contributed by atoms with Gasteiger partial charge in [-0.1, -0.05) is 17.7 Å². The molecule has 9 nitrogen and oxygen atoms in total. The van der Waals surface area contributed by atoms with E-state index in [4.69, 9.17) is 16.3 Å². The number of esters is 1. The van der Waals surface area contributed by atoms with Gasteiger partial charge in [-0.25, -0.2) is 13.2 Å². The summed E-state index contributed by atoms with van der Waals surface area (Å²) in [6.07, 6.45) is -0.407. The number of hydrogen-bond donors (Lipinski definition) is 1. The molecule has 0 radical (unpaired) electrons. The Kier molecular flexibility index (Phi) is 6.37. The molecule has 1 atom stereocenters. The molecule has 0 heterocycles. The lowest BCUT2D eigenvalue weighted by atomic mass is 10.2. The minimum absolute atomic E-state index is 0.262. The number of nitrogens with zero attached hydrogens (tertiary/aromatic N) is 1. The lowest BCUT2D eigenvalue weighted by Crippen LogP contribution is -2.30. The van der Waals surface area contributed by atoms with Gasteiger partial charge in [-0.3, -0.25) is 14.9 Å². The number of nitro groups is 1. The molecule has 0 spiro atoms. The van der Waals surface area contributed by atoms with Crippen LogP contribution in [0.15, 0.2) is 47.4 Å². The molecule has 2 aromatic rings. The fraction of sp³-hybridized carbons (Fsp3) is 0.176. The first kappa shape index (κ1) is 21.3. The molecule has 0 aliphatic heterocycles. The molecule has 0 unspecified atom stereocenters. The highest BCUT2D eigenvalue weighted by Crippen LogP contribution is 2.25. The molecule has 2 aromatic carbocycles. The van der Waals surface area contributed by atoms with Gasteiger partial charge >= 0.3 is 5.97 Å². The van der Waals surface area contributed by atoms with E-state index in [2.05, 4.69) is 5.32 Å². The average Bonchev–Trinajstić information content (AvgIpc) is 2.60. The Balaban J connectivity index is 2.16. The summed E-state index contributed by atoms with van der Waals surface area (Å²) >= 11 is 5.82. The smallest absolute Gasteiger partial charge is 0.339 e. The standard InChI is InChI=1S/C17H15ClN2O7S/c1-10(16(21)19-13-5-3-4-12(18)9-13)27-17(22)11-6-7-15(28(2,25)26)14(8-11)20(23)24/h3-10H,1-2H3,(H,19,21)/t10-/m1/s1. The van der Waals surface area contributed by atoms with Crippen LogP contribution < -0.4 is 5.32 Å². The summed E-state index contributed by atoms with van der Waals surface area (Å²) < 4.78 is 28.2. The van der Waals surface area contributed by atoms with E-state index in [0.717, 1.165) is 24.5 Å². The zero-order chi connectivity index (χ0) is 21.1. The highest BCUT2D eigenvalue weighted by molar-refractivity contribution is 7.90. The van der Waals surface area contributed by atoms with Crippen molar-refractivity contribution in [2.45, 2.75) is 17.9 Å². The van der Waals surface area contributed by atoms with E-state index in [1.54, 1.807) is 18.2 Å². The van der Waals surface area contributed by atoms with Crippen LogP contribution in [-0.4, -0.2) is 37.6 Å². The van der Waals surface area contributed by atoms with Crippen molar-refractivity contribution in [1.29, 1.82) is 0 Å². The SMILES string of the molecule is C[C@@H](OC(=O)c1ccc(S(C)(=O)=O)c([N+](=O)[O-])c1)C(=O)Nc1cccc(Cl)c1. The van der Waals surface area contributed by atoms with Crippen molar-refractivity contribution >= 4 is 44.7 Å². The maximum absolute atomic E-state index is 12.2. The zero-order valence-electron chi connectivity index (χ0n) is 14.7. The van der Waals surface area contributed by atoms with Crippen LogP contribution in [0.2, 0.25) is 5.02 Å². The molecule has 0 saturated carbocycles. The summed E-state index contributed by atoms with van der Waals surface area (Å²) in [6, 6.07) is 9.14. The van der Waals surface area contributed by atoms with Gasteiger partial charge in [0.1, 0.15) is 4.90 Å². The van der Waals surface area contributed by atoms with E-state index in [1.807, 2.05) is 0 Å². The molecule has 1 N–H and O–H groups in total. The lowest BCUT2D eigenvalue weighted by Gasteiger charge is -2.14. The first-order valence-electron chi connectivity index (χ1n) is 7.75. The van der Waals surface area contributed by atoms with Gasteiger partial charge in [0.2, 0.25) is 0 Å². The van der Waals surface area contributed by atoms with Crippen LogP contribution in [0.5, 0.6) is 0 Å².